The molecule has 1 saturated carbocycles. The first-order valence-electron chi connectivity index (χ1n) is 6.46. The number of aliphatic carboxylic acids is 1. The maximum absolute atomic E-state index is 11.7. The Kier molecular flexibility index (Phi) is 7.79. The minimum absolute atomic E-state index is 0.0536. The highest BCUT2D eigenvalue weighted by Crippen LogP contribution is 2.30. The Hall–Kier alpha value is -0.920. The van der Waals surface area contributed by atoms with Crippen LogP contribution in [0.15, 0.2) is 11.0 Å². The molecule has 7 heteroatoms. The zero-order valence-electron chi connectivity index (χ0n) is 11.3. The van der Waals surface area contributed by atoms with E-state index in [1.54, 1.807) is 7.05 Å². The predicted molar refractivity (Wildman–Crippen MR) is 82.7 cm³/mol. The number of hydrogen-bond donors (Lipinski definition) is 2. The summed E-state index contributed by atoms with van der Waals surface area (Å²) in [6.45, 7) is -0.301. The van der Waals surface area contributed by atoms with E-state index in [2.05, 4.69) is 5.32 Å². The Morgan fingerprint density at radius 2 is 2.15 bits per heavy atom. The molecule has 1 rings (SSSR count). The number of rotatable bonds is 7. The van der Waals surface area contributed by atoms with E-state index in [1.807, 2.05) is 6.08 Å². The summed E-state index contributed by atoms with van der Waals surface area (Å²) >= 11 is 5.98. The highest BCUT2D eigenvalue weighted by Gasteiger charge is 2.26. The van der Waals surface area contributed by atoms with Crippen LogP contribution in [0.4, 0.5) is 0 Å². The molecule has 1 aliphatic carbocycles. The average Bonchev–Trinajstić information content (AvgIpc) is 2.44. The van der Waals surface area contributed by atoms with Crippen molar-refractivity contribution in [2.45, 2.75) is 31.8 Å². The number of nitrogens with one attached hydrogen (secondary N) is 1. The van der Waals surface area contributed by atoms with Gasteiger partial charge in [0.05, 0.1) is 11.0 Å². The van der Waals surface area contributed by atoms with Gasteiger partial charge in [-0.15, -0.1) is 0 Å². The summed E-state index contributed by atoms with van der Waals surface area (Å²) in [5, 5.41) is 11.3. The van der Waals surface area contributed by atoms with Gasteiger partial charge in [0.1, 0.15) is 6.61 Å². The minimum atomic E-state index is -0.974. The monoisotopic (exact) mass is 317 g/mol. The molecule has 2 atom stereocenters. The maximum atomic E-state index is 11.7. The summed E-state index contributed by atoms with van der Waals surface area (Å²) in [6, 6.07) is 0. The van der Waals surface area contributed by atoms with E-state index in [1.165, 1.54) is 16.5 Å². The number of thioether (sulfide) groups is 1. The number of ether oxygens (including phenoxy) is 1. The molecule has 112 valence electrons. The van der Waals surface area contributed by atoms with Gasteiger partial charge in [-0.05, 0) is 12.8 Å². The maximum Gasteiger partial charge on any atom is 0.329 e. The lowest BCUT2D eigenvalue weighted by molar-refractivity contribution is -0.145. The van der Waals surface area contributed by atoms with Crippen molar-refractivity contribution in [1.82, 2.24) is 5.32 Å². The van der Waals surface area contributed by atoms with Crippen molar-refractivity contribution in [2.75, 3.05) is 13.7 Å². The fourth-order valence-electron chi connectivity index (χ4n) is 2.24. The van der Waals surface area contributed by atoms with Crippen LogP contribution in [0.2, 0.25) is 0 Å². The highest BCUT2D eigenvalue weighted by molar-refractivity contribution is 8.23. The molecule has 0 bridgehead atoms. The van der Waals surface area contributed by atoms with E-state index >= 15 is 0 Å². The number of carbonyl (C=O) groups is 2. The van der Waals surface area contributed by atoms with Crippen molar-refractivity contribution in [3.05, 3.63) is 11.0 Å². The molecule has 0 heterocycles. The fourth-order valence-corrected chi connectivity index (χ4v) is 3.12. The van der Waals surface area contributed by atoms with Gasteiger partial charge in [0, 0.05) is 17.7 Å². The van der Waals surface area contributed by atoms with Crippen LogP contribution in [-0.4, -0.2) is 41.4 Å². The number of carboxylic acid groups (broad SMARTS) is 1. The number of carbonyl (C=O) groups excluding carboxylic acids is 1. The molecular formula is C13H19NO4S2. The molecular weight excluding hydrogens is 298 g/mol. The number of amides is 1. The Morgan fingerprint density at radius 3 is 2.75 bits per heavy atom. The molecule has 1 fully saturated rings. The van der Waals surface area contributed by atoms with Crippen molar-refractivity contribution >= 4 is 40.6 Å². The molecule has 2 N–H and O–H groups in total. The van der Waals surface area contributed by atoms with Gasteiger partial charge in [0.25, 0.3) is 5.91 Å². The molecule has 2 unspecified atom stereocenters. The van der Waals surface area contributed by atoms with E-state index in [9.17, 15) is 9.59 Å². The van der Waals surface area contributed by atoms with Crippen LogP contribution in [0.3, 0.4) is 0 Å². The van der Waals surface area contributed by atoms with E-state index in [0.717, 1.165) is 25.7 Å². The van der Waals surface area contributed by atoms with Gasteiger partial charge >= 0.3 is 5.97 Å². The zero-order valence-corrected chi connectivity index (χ0v) is 13.0. The van der Waals surface area contributed by atoms with Crippen molar-refractivity contribution in [2.24, 2.45) is 5.92 Å². The Morgan fingerprint density at radius 1 is 1.45 bits per heavy atom. The molecule has 1 aliphatic rings. The first-order chi connectivity index (χ1) is 9.58. The van der Waals surface area contributed by atoms with Gasteiger partial charge < -0.3 is 15.2 Å². The van der Waals surface area contributed by atoms with Gasteiger partial charge in [-0.1, -0.05) is 42.9 Å². The van der Waals surface area contributed by atoms with E-state index < -0.39 is 5.97 Å². The van der Waals surface area contributed by atoms with Crippen LogP contribution in [0, 0.1) is 5.92 Å². The first kappa shape index (κ1) is 17.1. The van der Waals surface area contributed by atoms with Crippen LogP contribution in [0.1, 0.15) is 25.7 Å². The molecule has 0 aromatic carbocycles. The number of thiocarbonyl (C=S) groups is 1. The van der Waals surface area contributed by atoms with Crippen molar-refractivity contribution in [3.8, 4) is 0 Å². The molecule has 0 spiro atoms. The number of carboxylic acids is 1. The summed E-state index contributed by atoms with van der Waals surface area (Å²) in [5.74, 6) is -1.10. The smallest absolute Gasteiger partial charge is 0.329 e. The molecule has 1 amide bonds. The molecule has 5 nitrogen and oxygen atoms in total. The Bertz CT molecular complexity index is 398. The summed E-state index contributed by atoms with van der Waals surface area (Å²) in [5.41, 5.74) is 0. The van der Waals surface area contributed by atoms with Crippen molar-refractivity contribution < 1.29 is 19.4 Å². The second-order valence-corrected chi connectivity index (χ2v) is 5.96. The van der Waals surface area contributed by atoms with Crippen molar-refractivity contribution in [1.29, 1.82) is 0 Å². The summed E-state index contributed by atoms with van der Waals surface area (Å²) in [4.78, 5) is 22.9. The third kappa shape index (κ3) is 5.60. The van der Waals surface area contributed by atoms with E-state index in [-0.39, 0.29) is 24.5 Å². The number of likely N-dealkylation sites (N-methyl/N-ethyl adjacent to an activating group) is 1. The third-order valence-electron chi connectivity index (χ3n) is 3.17. The lowest BCUT2D eigenvalue weighted by atomic mass is 9.86. The molecule has 0 aromatic rings. The molecule has 0 aliphatic heterocycles. The van der Waals surface area contributed by atoms with Crippen LogP contribution >= 0.6 is 24.0 Å². The van der Waals surface area contributed by atoms with Crippen LogP contribution in [0.25, 0.3) is 0 Å². The van der Waals surface area contributed by atoms with Gasteiger partial charge in [-0.2, -0.15) is 0 Å². The molecule has 0 aromatic heterocycles. The Balaban J connectivity index is 2.78. The highest BCUT2D eigenvalue weighted by atomic mass is 32.2. The SMILES string of the molecule is CNC(=O)/C(=C/C1CCCCC1OCC(=O)O)SC=S. The lowest BCUT2D eigenvalue weighted by Gasteiger charge is -2.29. The van der Waals surface area contributed by atoms with Gasteiger partial charge in [0.15, 0.2) is 0 Å². The largest absolute Gasteiger partial charge is 0.480 e. The topological polar surface area (TPSA) is 75.6 Å². The average molecular weight is 317 g/mol. The fraction of sp³-hybridized carbons (Fsp3) is 0.615. The minimum Gasteiger partial charge on any atom is -0.480 e. The molecule has 20 heavy (non-hydrogen) atoms. The van der Waals surface area contributed by atoms with Gasteiger partial charge in [-0.25, -0.2) is 4.79 Å². The second-order valence-electron chi connectivity index (χ2n) is 4.52. The van der Waals surface area contributed by atoms with Crippen LogP contribution < -0.4 is 5.32 Å². The molecule has 0 saturated heterocycles. The summed E-state index contributed by atoms with van der Waals surface area (Å²) in [7, 11) is 1.57. The molecule has 0 radical (unpaired) electrons. The lowest BCUT2D eigenvalue weighted by Crippen LogP contribution is -2.29. The normalized spacial score (nSPS) is 23.1. The van der Waals surface area contributed by atoms with Crippen LogP contribution in [-0.2, 0) is 14.3 Å². The Labute approximate surface area is 128 Å². The summed E-state index contributed by atoms with van der Waals surface area (Å²) in [6.07, 6.45) is 5.49. The standard InChI is InChI=1S/C13H19NO4S2/c1-14-13(17)11(20-8-19)6-9-4-2-3-5-10(9)18-7-12(15)16/h6,8-10H,2-5,7H2,1H3,(H,14,17)(H,15,16)/b11-6-. The van der Waals surface area contributed by atoms with Crippen LogP contribution in [0.5, 0.6) is 0 Å². The zero-order chi connectivity index (χ0) is 15.0. The quantitative estimate of drug-likeness (QED) is 0.552. The third-order valence-corrected chi connectivity index (χ3v) is 4.13. The van der Waals surface area contributed by atoms with Crippen molar-refractivity contribution in [3.63, 3.8) is 0 Å². The second kappa shape index (κ2) is 9.10. The predicted octanol–water partition coefficient (Wildman–Crippen LogP) is 1.97. The van der Waals surface area contributed by atoms with E-state index in [4.69, 9.17) is 22.1 Å². The summed E-state index contributed by atoms with van der Waals surface area (Å²) < 4.78 is 6.87. The van der Waals surface area contributed by atoms with Gasteiger partial charge in [0.2, 0.25) is 0 Å². The number of hydrogen-bond acceptors (Lipinski definition) is 5. The first-order valence-corrected chi connectivity index (χ1v) is 7.81. The van der Waals surface area contributed by atoms with Gasteiger partial charge in [-0.3, -0.25) is 4.79 Å². The van der Waals surface area contributed by atoms with E-state index in [0.29, 0.717) is 4.91 Å².